The van der Waals surface area contributed by atoms with E-state index in [1.54, 1.807) is 23.2 Å². The van der Waals surface area contributed by atoms with Crippen LogP contribution in [-0.4, -0.2) is 89.4 Å². The average Bonchev–Trinajstić information content (AvgIpc) is 3.22. The smallest absolute Gasteiger partial charge is 0.370 e. The number of aromatic nitrogens is 2. The number of amides is 1. The minimum atomic E-state index is -4.67. The Hall–Kier alpha value is -2.76. The van der Waals surface area contributed by atoms with Gasteiger partial charge >= 0.3 is 6.18 Å². The Kier molecular flexibility index (Phi) is 7.58. The molecule has 3 heterocycles. The van der Waals surface area contributed by atoms with Gasteiger partial charge in [-0.25, -0.2) is 9.69 Å². The summed E-state index contributed by atoms with van der Waals surface area (Å²) in [4.78, 5) is 26.0. The summed E-state index contributed by atoms with van der Waals surface area (Å²) >= 11 is 0. The van der Waals surface area contributed by atoms with Gasteiger partial charge in [-0.15, -0.1) is 0 Å². The van der Waals surface area contributed by atoms with Crippen LogP contribution in [-0.2, 0) is 22.1 Å². The fourth-order valence-electron chi connectivity index (χ4n) is 4.83. The van der Waals surface area contributed by atoms with Gasteiger partial charge in [-0.2, -0.15) is 18.3 Å². The van der Waals surface area contributed by atoms with E-state index in [2.05, 4.69) is 5.10 Å². The number of hydrogen-bond donors (Lipinski definition) is 0. The van der Waals surface area contributed by atoms with Crippen molar-refractivity contribution in [1.29, 1.82) is 0 Å². The van der Waals surface area contributed by atoms with Crippen LogP contribution >= 0.6 is 0 Å². The molecule has 2 fully saturated rings. The summed E-state index contributed by atoms with van der Waals surface area (Å²) in [6.45, 7) is 4.72. The number of halogens is 3. The first kappa shape index (κ1) is 25.3. The van der Waals surface area contributed by atoms with Gasteiger partial charge in [-0.1, -0.05) is 12.1 Å². The number of nitrogens with zero attached hydrogens (tertiary/aromatic N) is 5. The third-order valence-corrected chi connectivity index (χ3v) is 6.73. The number of rotatable bonds is 7. The van der Waals surface area contributed by atoms with Crippen LogP contribution in [0.1, 0.15) is 40.2 Å². The maximum Gasteiger partial charge on any atom is 0.435 e. The lowest BCUT2D eigenvalue weighted by Crippen LogP contribution is -2.56. The number of hydrazine groups is 1. The van der Waals surface area contributed by atoms with Crippen LogP contribution in [0.5, 0.6) is 0 Å². The summed E-state index contributed by atoms with van der Waals surface area (Å²) in [6, 6.07) is 7.05. The molecular weight excluding hydrogens is 463 g/mol. The predicted octanol–water partition coefficient (Wildman–Crippen LogP) is 2.72. The van der Waals surface area contributed by atoms with Gasteiger partial charge in [0.05, 0.1) is 18.8 Å². The highest BCUT2D eigenvalue weighted by atomic mass is 19.4. The zero-order chi connectivity index (χ0) is 25.2. The average molecular weight is 494 g/mol. The normalized spacial score (nSPS) is 18.5. The molecule has 0 unspecified atom stereocenters. The SMILES string of the molecule is Cc1cccc(-n2nc(C(F)(F)F)c(CCN(C)C3CCN(N4CCOCC4=O)CC3)c2C=O)c1. The molecule has 1 aromatic carbocycles. The minimum Gasteiger partial charge on any atom is -0.370 e. The van der Waals surface area contributed by atoms with Crippen molar-refractivity contribution in [2.45, 2.75) is 38.4 Å². The third kappa shape index (κ3) is 5.57. The molecule has 35 heavy (non-hydrogen) atoms. The molecule has 0 aliphatic carbocycles. The number of ether oxygens (including phenoxy) is 1. The molecule has 2 aliphatic heterocycles. The minimum absolute atomic E-state index is 0.0465. The largest absolute Gasteiger partial charge is 0.435 e. The Morgan fingerprint density at radius 2 is 1.97 bits per heavy atom. The molecule has 2 aliphatic rings. The zero-order valence-corrected chi connectivity index (χ0v) is 19.9. The van der Waals surface area contributed by atoms with Crippen molar-refractivity contribution in [2.75, 3.05) is 46.4 Å². The summed E-state index contributed by atoms with van der Waals surface area (Å²) in [6.07, 6.45) is -2.59. The molecule has 190 valence electrons. The van der Waals surface area contributed by atoms with Gasteiger partial charge in [-0.05, 0) is 50.9 Å². The van der Waals surface area contributed by atoms with Crippen molar-refractivity contribution in [3.63, 3.8) is 0 Å². The van der Waals surface area contributed by atoms with E-state index in [9.17, 15) is 22.8 Å². The molecular formula is C24H30F3N5O3. The quantitative estimate of drug-likeness (QED) is 0.553. The highest BCUT2D eigenvalue weighted by Gasteiger charge is 2.39. The van der Waals surface area contributed by atoms with Crippen LogP contribution in [0, 0.1) is 6.92 Å². The standard InChI is InChI=1S/C24H30F3N5O3/c1-17-4-3-5-19(14-17)32-21(15-33)20(23(28-32)24(25,26)27)8-9-29(2)18-6-10-30(11-7-18)31-12-13-35-16-22(31)34/h3-5,14-15,18H,6-13,16H2,1-2H3. The van der Waals surface area contributed by atoms with Crippen LogP contribution in [0.4, 0.5) is 13.2 Å². The fourth-order valence-corrected chi connectivity index (χ4v) is 4.83. The molecule has 1 amide bonds. The highest BCUT2D eigenvalue weighted by Crippen LogP contribution is 2.34. The maximum atomic E-state index is 13.9. The number of hydrogen-bond acceptors (Lipinski definition) is 6. The summed E-state index contributed by atoms with van der Waals surface area (Å²) in [5.74, 6) is -0.0465. The van der Waals surface area contributed by atoms with Crippen LogP contribution in [0.25, 0.3) is 5.69 Å². The molecule has 2 saturated heterocycles. The summed E-state index contributed by atoms with van der Waals surface area (Å²) in [7, 11) is 1.89. The summed E-state index contributed by atoms with van der Waals surface area (Å²) in [5.41, 5.74) is 0.0985. The second-order valence-corrected chi connectivity index (χ2v) is 9.06. The van der Waals surface area contributed by atoms with Gasteiger partial charge in [0.25, 0.3) is 5.91 Å². The predicted molar refractivity (Wildman–Crippen MR) is 122 cm³/mol. The lowest BCUT2D eigenvalue weighted by Gasteiger charge is -2.43. The van der Waals surface area contributed by atoms with Crippen LogP contribution in [0.3, 0.4) is 0 Å². The van der Waals surface area contributed by atoms with E-state index in [1.165, 1.54) is 0 Å². The van der Waals surface area contributed by atoms with E-state index in [0.29, 0.717) is 44.8 Å². The maximum absolute atomic E-state index is 13.9. The fraction of sp³-hybridized carbons (Fsp3) is 0.542. The van der Waals surface area contributed by atoms with E-state index in [4.69, 9.17) is 4.74 Å². The Balaban J connectivity index is 1.46. The molecule has 2 aromatic rings. The molecule has 0 spiro atoms. The van der Waals surface area contributed by atoms with Crippen molar-refractivity contribution in [3.8, 4) is 5.69 Å². The van der Waals surface area contributed by atoms with Crippen molar-refractivity contribution < 1.29 is 27.5 Å². The van der Waals surface area contributed by atoms with Crippen molar-refractivity contribution in [1.82, 2.24) is 24.7 Å². The number of carbonyl (C=O) groups excluding carboxylic acids is 2. The second-order valence-electron chi connectivity index (χ2n) is 9.06. The second kappa shape index (κ2) is 10.5. The first-order chi connectivity index (χ1) is 16.7. The summed E-state index contributed by atoms with van der Waals surface area (Å²) in [5, 5.41) is 7.59. The Morgan fingerprint density at radius 1 is 1.23 bits per heavy atom. The lowest BCUT2D eigenvalue weighted by atomic mass is 10.0. The van der Waals surface area contributed by atoms with Crippen LogP contribution in [0.2, 0.25) is 0 Å². The molecule has 0 N–H and O–H groups in total. The van der Waals surface area contributed by atoms with E-state index < -0.39 is 11.9 Å². The van der Waals surface area contributed by atoms with Gasteiger partial charge in [0.2, 0.25) is 0 Å². The number of aryl methyl sites for hydroxylation is 1. The van der Waals surface area contributed by atoms with Gasteiger partial charge in [0.15, 0.2) is 12.0 Å². The number of aldehydes is 1. The number of carbonyl (C=O) groups is 2. The number of likely N-dealkylation sites (N-methyl/N-ethyl adjacent to an activating group) is 1. The molecule has 4 rings (SSSR count). The molecule has 0 saturated carbocycles. The highest BCUT2D eigenvalue weighted by molar-refractivity contribution is 5.77. The van der Waals surface area contributed by atoms with E-state index in [0.717, 1.165) is 23.1 Å². The molecule has 11 heteroatoms. The number of alkyl halides is 3. The summed E-state index contributed by atoms with van der Waals surface area (Å²) < 4.78 is 47.8. The Bertz CT molecular complexity index is 1060. The molecule has 8 nitrogen and oxygen atoms in total. The van der Waals surface area contributed by atoms with Gasteiger partial charge in [0.1, 0.15) is 12.3 Å². The zero-order valence-electron chi connectivity index (χ0n) is 19.9. The number of morpholine rings is 1. The van der Waals surface area contributed by atoms with Gasteiger partial charge < -0.3 is 9.64 Å². The number of benzene rings is 1. The van der Waals surface area contributed by atoms with Crippen LogP contribution < -0.4 is 0 Å². The van der Waals surface area contributed by atoms with Crippen molar-refractivity contribution in [3.05, 3.63) is 46.8 Å². The Labute approximate surface area is 202 Å². The molecule has 0 atom stereocenters. The van der Waals surface area contributed by atoms with Crippen LogP contribution in [0.15, 0.2) is 24.3 Å². The van der Waals surface area contributed by atoms with Crippen molar-refractivity contribution >= 4 is 12.2 Å². The van der Waals surface area contributed by atoms with E-state index in [-0.39, 0.29) is 36.2 Å². The lowest BCUT2D eigenvalue weighted by molar-refractivity contribution is -0.168. The van der Waals surface area contributed by atoms with E-state index in [1.807, 2.05) is 29.9 Å². The monoisotopic (exact) mass is 493 g/mol. The third-order valence-electron chi connectivity index (χ3n) is 6.73. The molecule has 0 bridgehead atoms. The van der Waals surface area contributed by atoms with Crippen molar-refractivity contribution in [2.24, 2.45) is 0 Å². The van der Waals surface area contributed by atoms with Gasteiger partial charge in [0, 0.05) is 31.2 Å². The molecule has 1 aromatic heterocycles. The molecule has 0 radical (unpaired) electrons. The first-order valence-electron chi connectivity index (χ1n) is 11.7. The first-order valence-corrected chi connectivity index (χ1v) is 11.7. The Morgan fingerprint density at radius 3 is 2.60 bits per heavy atom. The topological polar surface area (TPSA) is 70.9 Å². The van der Waals surface area contributed by atoms with E-state index >= 15 is 0 Å². The van der Waals surface area contributed by atoms with Gasteiger partial charge in [-0.3, -0.25) is 14.6 Å². The number of piperidine rings is 1.